The molecule has 7 heteroatoms. The zero-order valence-corrected chi connectivity index (χ0v) is 26.3. The molecule has 7 nitrogen and oxygen atoms in total. The second-order valence-electron chi connectivity index (χ2n) is 11.2. The van der Waals surface area contributed by atoms with Gasteiger partial charge >= 0.3 is 5.97 Å². The summed E-state index contributed by atoms with van der Waals surface area (Å²) in [6.45, 7) is 6.40. The third-order valence-electron chi connectivity index (χ3n) is 6.90. The van der Waals surface area contributed by atoms with Gasteiger partial charge in [0.1, 0.15) is 30.0 Å². The van der Waals surface area contributed by atoms with Crippen LogP contribution < -0.4 is 9.47 Å². The Kier molecular flexibility index (Phi) is 17.5. The molecule has 0 saturated heterocycles. The van der Waals surface area contributed by atoms with Crippen LogP contribution in [-0.2, 0) is 16.0 Å². The first-order valence-electron chi connectivity index (χ1n) is 15.9. The first-order chi connectivity index (χ1) is 20.8. The van der Waals surface area contributed by atoms with Crippen molar-refractivity contribution in [1.29, 1.82) is 0 Å². The van der Waals surface area contributed by atoms with E-state index in [0.29, 0.717) is 36.5 Å². The Morgan fingerprint density at radius 2 is 1.51 bits per heavy atom. The SMILES string of the molecule is CCCCC/C=C\C/C=C\CCCCCCCC(=O)OC1COc2cc(OC(C)C)cc(O)c2C1.Oc1ccccc1O. The zero-order chi connectivity index (χ0) is 31.3. The number of phenols is 3. The highest BCUT2D eigenvalue weighted by atomic mass is 16.6. The van der Waals surface area contributed by atoms with Crippen LogP contribution in [0.25, 0.3) is 0 Å². The van der Waals surface area contributed by atoms with Crippen LogP contribution in [0.5, 0.6) is 28.7 Å². The van der Waals surface area contributed by atoms with Gasteiger partial charge in [-0.15, -0.1) is 0 Å². The number of esters is 1. The first kappa shape index (κ1) is 35.6. The molecule has 3 N–H and O–H groups in total. The number of benzene rings is 2. The molecule has 1 aliphatic rings. The van der Waals surface area contributed by atoms with Crippen molar-refractivity contribution in [1.82, 2.24) is 0 Å². The number of hydrogen-bond donors (Lipinski definition) is 3. The Hall–Kier alpha value is -3.61. The lowest BCUT2D eigenvalue weighted by molar-refractivity contribution is -0.151. The molecule has 238 valence electrons. The Bertz CT molecular complexity index is 1100. The van der Waals surface area contributed by atoms with Crippen molar-refractivity contribution in [3.05, 3.63) is 66.3 Å². The molecule has 0 spiro atoms. The third-order valence-corrected chi connectivity index (χ3v) is 6.90. The summed E-state index contributed by atoms with van der Waals surface area (Å²) in [4.78, 5) is 12.2. The molecule has 3 rings (SSSR count). The smallest absolute Gasteiger partial charge is 0.306 e. The topological polar surface area (TPSA) is 105 Å². The number of rotatable bonds is 17. The maximum atomic E-state index is 12.2. The predicted octanol–water partition coefficient (Wildman–Crippen LogP) is 8.94. The number of para-hydroxylation sites is 2. The molecule has 0 bridgehead atoms. The van der Waals surface area contributed by atoms with E-state index in [1.807, 2.05) is 13.8 Å². The van der Waals surface area contributed by atoms with E-state index >= 15 is 0 Å². The van der Waals surface area contributed by atoms with Gasteiger partial charge in [0.2, 0.25) is 0 Å². The summed E-state index contributed by atoms with van der Waals surface area (Å²) in [6, 6.07) is 9.53. The third kappa shape index (κ3) is 15.4. The van der Waals surface area contributed by atoms with Crippen molar-refractivity contribution in [2.45, 2.75) is 116 Å². The summed E-state index contributed by atoms with van der Waals surface area (Å²) in [5.41, 5.74) is 0.669. The number of ether oxygens (including phenoxy) is 3. The van der Waals surface area contributed by atoms with Gasteiger partial charge in [-0.2, -0.15) is 0 Å². The predicted molar refractivity (Wildman–Crippen MR) is 172 cm³/mol. The fourth-order valence-corrected chi connectivity index (χ4v) is 4.61. The monoisotopic (exact) mass is 596 g/mol. The van der Waals surface area contributed by atoms with E-state index in [2.05, 4.69) is 31.2 Å². The minimum atomic E-state index is -0.365. The number of fused-ring (bicyclic) bond motifs is 1. The van der Waals surface area contributed by atoms with Crippen LogP contribution in [0, 0.1) is 0 Å². The molecule has 0 saturated carbocycles. The largest absolute Gasteiger partial charge is 0.507 e. The quantitative estimate of drug-likeness (QED) is 0.0724. The van der Waals surface area contributed by atoms with Crippen LogP contribution >= 0.6 is 0 Å². The fourth-order valence-electron chi connectivity index (χ4n) is 4.61. The number of aromatic hydroxyl groups is 3. The average molecular weight is 597 g/mol. The van der Waals surface area contributed by atoms with E-state index in [1.165, 1.54) is 50.7 Å². The molecule has 0 amide bonds. The molecule has 2 aromatic carbocycles. The van der Waals surface area contributed by atoms with Gasteiger partial charge in [0, 0.05) is 30.5 Å². The summed E-state index contributed by atoms with van der Waals surface area (Å²) in [6.07, 6.45) is 22.4. The van der Waals surface area contributed by atoms with E-state index in [0.717, 1.165) is 32.1 Å². The summed E-state index contributed by atoms with van der Waals surface area (Å²) in [5, 5.41) is 27.7. The molecule has 1 heterocycles. The molecule has 0 aromatic heterocycles. The Morgan fingerprint density at radius 1 is 0.884 bits per heavy atom. The first-order valence-corrected chi connectivity index (χ1v) is 15.9. The van der Waals surface area contributed by atoms with Crippen molar-refractivity contribution >= 4 is 5.97 Å². The maximum Gasteiger partial charge on any atom is 0.306 e. The highest BCUT2D eigenvalue weighted by Gasteiger charge is 2.26. The molecule has 43 heavy (non-hydrogen) atoms. The highest BCUT2D eigenvalue weighted by Crippen LogP contribution is 2.37. The Labute approximate surface area is 258 Å². The molecule has 0 fully saturated rings. The van der Waals surface area contributed by atoms with E-state index < -0.39 is 0 Å². The van der Waals surface area contributed by atoms with Gasteiger partial charge in [0.15, 0.2) is 11.5 Å². The lowest BCUT2D eigenvalue weighted by atomic mass is 10.0. The minimum Gasteiger partial charge on any atom is -0.507 e. The minimum absolute atomic E-state index is 0.0129. The number of carbonyl (C=O) groups is 1. The number of phenolic OH excluding ortho intramolecular Hbond substituents is 3. The Morgan fingerprint density at radius 3 is 2.14 bits per heavy atom. The van der Waals surface area contributed by atoms with Gasteiger partial charge < -0.3 is 29.5 Å². The highest BCUT2D eigenvalue weighted by molar-refractivity contribution is 5.69. The van der Waals surface area contributed by atoms with Gasteiger partial charge in [-0.05, 0) is 64.5 Å². The van der Waals surface area contributed by atoms with Crippen molar-refractivity contribution in [3.63, 3.8) is 0 Å². The van der Waals surface area contributed by atoms with Crippen molar-refractivity contribution in [2.24, 2.45) is 0 Å². The number of carbonyl (C=O) groups excluding carboxylic acids is 1. The lowest BCUT2D eigenvalue weighted by Gasteiger charge is -2.26. The molecule has 1 aliphatic heterocycles. The second-order valence-corrected chi connectivity index (χ2v) is 11.2. The second kappa shape index (κ2) is 21.1. The van der Waals surface area contributed by atoms with E-state index in [-0.39, 0.29) is 35.4 Å². The van der Waals surface area contributed by atoms with Gasteiger partial charge in [-0.1, -0.05) is 75.5 Å². The standard InChI is InChI=1S/C30H46O5.C6H6O2/c1-4-5-6-7-8-9-10-11-12-13-14-15-16-17-18-19-30(32)35-26-20-27-28(31)21-25(34-24(2)3)22-29(27)33-23-26;7-5-3-1-2-4-6(5)8/h8-9,11-12,21-22,24,26,31H,4-7,10,13-20,23H2,1-3H3;1-4,7-8H/b9-8-,12-11-;. The molecular formula is C36H52O7. The maximum absolute atomic E-state index is 12.2. The van der Waals surface area contributed by atoms with Crippen molar-refractivity contribution in [2.75, 3.05) is 6.61 Å². The van der Waals surface area contributed by atoms with Crippen LogP contribution in [0.2, 0.25) is 0 Å². The molecule has 1 unspecified atom stereocenters. The zero-order valence-electron chi connectivity index (χ0n) is 26.3. The fraction of sp³-hybridized carbons (Fsp3) is 0.528. The molecule has 2 aromatic rings. The molecule has 0 aliphatic carbocycles. The normalized spacial score (nSPS) is 14.3. The molecular weight excluding hydrogens is 544 g/mol. The van der Waals surface area contributed by atoms with Crippen LogP contribution in [0.1, 0.15) is 103 Å². The van der Waals surface area contributed by atoms with Crippen LogP contribution in [0.15, 0.2) is 60.7 Å². The Balaban J connectivity index is 0.000000694. The number of allylic oxidation sites excluding steroid dienone is 4. The number of unbranched alkanes of at least 4 members (excludes halogenated alkanes) is 8. The van der Waals surface area contributed by atoms with Gasteiger partial charge in [0.25, 0.3) is 0 Å². The summed E-state index contributed by atoms with van der Waals surface area (Å²) in [5.74, 6) is 0.953. The van der Waals surface area contributed by atoms with E-state index in [4.69, 9.17) is 24.4 Å². The van der Waals surface area contributed by atoms with Gasteiger partial charge in [-0.25, -0.2) is 0 Å². The summed E-state index contributed by atoms with van der Waals surface area (Å²) >= 11 is 0. The van der Waals surface area contributed by atoms with Crippen LogP contribution in [0.4, 0.5) is 0 Å². The summed E-state index contributed by atoms with van der Waals surface area (Å²) in [7, 11) is 0. The van der Waals surface area contributed by atoms with Crippen molar-refractivity contribution < 1.29 is 34.3 Å². The lowest BCUT2D eigenvalue weighted by Crippen LogP contribution is -2.31. The van der Waals surface area contributed by atoms with Crippen molar-refractivity contribution in [3.8, 4) is 28.7 Å². The molecule has 1 atom stereocenters. The van der Waals surface area contributed by atoms with E-state index in [9.17, 15) is 9.90 Å². The summed E-state index contributed by atoms with van der Waals surface area (Å²) < 4.78 is 17.0. The van der Waals surface area contributed by atoms with Crippen LogP contribution in [-0.4, -0.2) is 40.1 Å². The average Bonchev–Trinajstić information content (AvgIpc) is 2.97. The van der Waals surface area contributed by atoms with Gasteiger partial charge in [0.05, 0.1) is 6.10 Å². The van der Waals surface area contributed by atoms with Gasteiger partial charge in [-0.3, -0.25) is 4.79 Å². The van der Waals surface area contributed by atoms with E-state index in [1.54, 1.807) is 24.3 Å². The molecule has 0 radical (unpaired) electrons. The van der Waals surface area contributed by atoms with Crippen LogP contribution in [0.3, 0.4) is 0 Å². The number of hydrogen-bond acceptors (Lipinski definition) is 7.